The zero-order valence-corrected chi connectivity index (χ0v) is 14.5. The van der Waals surface area contributed by atoms with E-state index < -0.39 is 6.36 Å². The first-order valence-electron chi connectivity index (χ1n) is 8.37. The molecule has 3 atom stereocenters. The summed E-state index contributed by atoms with van der Waals surface area (Å²) < 4.78 is 40.3. The Morgan fingerprint density at radius 3 is 2.44 bits per heavy atom. The van der Waals surface area contributed by atoms with Gasteiger partial charge in [-0.25, -0.2) is 10.9 Å². The van der Waals surface area contributed by atoms with E-state index in [1.807, 2.05) is 19.1 Å². The van der Waals surface area contributed by atoms with Crippen molar-refractivity contribution in [2.75, 3.05) is 0 Å². The second-order valence-electron chi connectivity index (χ2n) is 6.32. The van der Waals surface area contributed by atoms with Crippen molar-refractivity contribution in [3.8, 4) is 5.75 Å². The van der Waals surface area contributed by atoms with E-state index in [1.165, 1.54) is 24.3 Å². The number of carbonyl (C=O) groups excluding carboxylic acids is 1. The number of benzene rings is 1. The normalized spacial score (nSPS) is 22.4. The van der Waals surface area contributed by atoms with Crippen molar-refractivity contribution in [2.24, 2.45) is 5.92 Å². The summed E-state index contributed by atoms with van der Waals surface area (Å²) in [5.74, 6) is -0.470. The number of hydrogen-bond acceptors (Lipinski definition) is 5. The van der Waals surface area contributed by atoms with Gasteiger partial charge in [0.1, 0.15) is 5.75 Å². The summed E-state index contributed by atoms with van der Waals surface area (Å²) in [6.07, 6.45) is -1.54. The lowest BCUT2D eigenvalue weighted by atomic mass is 9.95. The molecule has 1 aromatic carbocycles. The van der Waals surface area contributed by atoms with Crippen LogP contribution < -0.4 is 20.9 Å². The van der Waals surface area contributed by atoms with Crippen LogP contribution in [0.5, 0.6) is 5.75 Å². The maximum atomic E-state index is 12.3. The fourth-order valence-electron chi connectivity index (χ4n) is 2.98. The van der Waals surface area contributed by atoms with Crippen molar-refractivity contribution in [2.45, 2.75) is 31.9 Å². The van der Waals surface area contributed by atoms with Crippen LogP contribution in [0.4, 0.5) is 13.2 Å². The number of rotatable bonds is 5. The van der Waals surface area contributed by atoms with Crippen LogP contribution in [-0.4, -0.2) is 23.4 Å². The van der Waals surface area contributed by atoms with Gasteiger partial charge in [0.2, 0.25) is 5.91 Å². The monoisotopic (exact) mass is 380 g/mol. The Bertz CT molecular complexity index is 768. The summed E-state index contributed by atoms with van der Waals surface area (Å²) in [5.41, 5.74) is 7.86. The first-order valence-corrected chi connectivity index (χ1v) is 8.37. The third-order valence-corrected chi connectivity index (χ3v) is 4.35. The summed E-state index contributed by atoms with van der Waals surface area (Å²) in [6, 6.07) is 9.09. The summed E-state index contributed by atoms with van der Waals surface area (Å²) in [7, 11) is 0. The molecule has 1 aliphatic rings. The molecule has 0 radical (unpaired) electrons. The van der Waals surface area contributed by atoms with Gasteiger partial charge in [0.05, 0.1) is 18.6 Å². The average Bonchev–Trinajstić information content (AvgIpc) is 2.97. The van der Waals surface area contributed by atoms with Crippen molar-refractivity contribution >= 4 is 5.91 Å². The molecule has 2 aromatic rings. The Morgan fingerprint density at radius 1 is 1.15 bits per heavy atom. The van der Waals surface area contributed by atoms with Crippen molar-refractivity contribution in [3.05, 3.63) is 59.9 Å². The molecule has 1 fully saturated rings. The van der Waals surface area contributed by atoms with Crippen LogP contribution >= 0.6 is 0 Å². The highest BCUT2D eigenvalue weighted by molar-refractivity contribution is 5.78. The number of carbonyl (C=O) groups is 1. The molecule has 1 aromatic heterocycles. The molecule has 1 aliphatic heterocycles. The summed E-state index contributed by atoms with van der Waals surface area (Å²) in [5, 5.41) is 2.89. The predicted molar refractivity (Wildman–Crippen MR) is 91.2 cm³/mol. The number of pyridine rings is 1. The number of ether oxygens (including phenoxy) is 1. The quantitative estimate of drug-likeness (QED) is 0.743. The van der Waals surface area contributed by atoms with Gasteiger partial charge in [0, 0.05) is 18.3 Å². The molecule has 9 heteroatoms. The van der Waals surface area contributed by atoms with Crippen LogP contribution in [0.15, 0.2) is 48.8 Å². The van der Waals surface area contributed by atoms with E-state index in [0.29, 0.717) is 5.56 Å². The van der Waals surface area contributed by atoms with E-state index in [4.69, 9.17) is 0 Å². The highest BCUT2D eigenvalue weighted by Gasteiger charge is 2.34. The van der Waals surface area contributed by atoms with Gasteiger partial charge < -0.3 is 10.1 Å². The third-order valence-electron chi connectivity index (χ3n) is 4.35. The van der Waals surface area contributed by atoms with E-state index in [9.17, 15) is 18.0 Å². The van der Waals surface area contributed by atoms with E-state index in [2.05, 4.69) is 25.9 Å². The van der Waals surface area contributed by atoms with Gasteiger partial charge in [0.15, 0.2) is 0 Å². The standard InChI is InChI=1S/C18H19F3N4O2/c1-11-16(13-6-8-22-9-7-13)24-25-17(11)23-15(26)10-12-2-4-14(5-3-12)27-18(19,20)21/h2-9,11,16-17,24-25H,10H2,1H3,(H,23,26). The van der Waals surface area contributed by atoms with Crippen LogP contribution in [0.1, 0.15) is 24.1 Å². The number of nitrogens with zero attached hydrogens (tertiary/aromatic N) is 1. The molecule has 3 N–H and O–H groups in total. The lowest BCUT2D eigenvalue weighted by Crippen LogP contribution is -2.46. The molecule has 0 saturated carbocycles. The van der Waals surface area contributed by atoms with E-state index >= 15 is 0 Å². The lowest BCUT2D eigenvalue weighted by Gasteiger charge is -2.20. The Morgan fingerprint density at radius 2 is 1.81 bits per heavy atom. The second kappa shape index (κ2) is 7.93. The molecular formula is C18H19F3N4O2. The van der Waals surface area contributed by atoms with Gasteiger partial charge in [-0.1, -0.05) is 19.1 Å². The average molecular weight is 380 g/mol. The van der Waals surface area contributed by atoms with Gasteiger partial charge in [-0.3, -0.25) is 9.78 Å². The number of amides is 1. The Kier molecular flexibility index (Phi) is 5.62. The molecule has 2 heterocycles. The van der Waals surface area contributed by atoms with Crippen molar-refractivity contribution in [1.82, 2.24) is 21.2 Å². The van der Waals surface area contributed by atoms with Gasteiger partial charge >= 0.3 is 6.36 Å². The van der Waals surface area contributed by atoms with Gasteiger partial charge in [-0.2, -0.15) is 0 Å². The minimum Gasteiger partial charge on any atom is -0.406 e. The molecule has 3 rings (SSSR count). The minimum absolute atomic E-state index is 0.0251. The van der Waals surface area contributed by atoms with Crippen molar-refractivity contribution in [1.29, 1.82) is 0 Å². The van der Waals surface area contributed by atoms with Crippen LogP contribution in [0.2, 0.25) is 0 Å². The number of halogens is 3. The highest BCUT2D eigenvalue weighted by atomic mass is 19.4. The Hall–Kier alpha value is -2.65. The third kappa shape index (κ3) is 5.18. The zero-order valence-electron chi connectivity index (χ0n) is 14.5. The summed E-state index contributed by atoms with van der Waals surface area (Å²) in [6.45, 7) is 2.01. The topological polar surface area (TPSA) is 75.3 Å². The van der Waals surface area contributed by atoms with Gasteiger partial charge in [-0.15, -0.1) is 13.2 Å². The lowest BCUT2D eigenvalue weighted by molar-refractivity contribution is -0.274. The van der Waals surface area contributed by atoms with Crippen molar-refractivity contribution < 1.29 is 22.7 Å². The second-order valence-corrected chi connectivity index (χ2v) is 6.32. The van der Waals surface area contributed by atoms with E-state index in [-0.39, 0.29) is 36.2 Å². The molecule has 0 spiro atoms. The highest BCUT2D eigenvalue weighted by Crippen LogP contribution is 2.27. The van der Waals surface area contributed by atoms with Gasteiger partial charge in [-0.05, 0) is 35.4 Å². The minimum atomic E-state index is -4.73. The Labute approximate surface area is 154 Å². The smallest absolute Gasteiger partial charge is 0.406 e. The SMILES string of the molecule is CC1C(NC(=O)Cc2ccc(OC(F)(F)F)cc2)NNC1c1ccncc1. The van der Waals surface area contributed by atoms with Crippen LogP contribution in [0, 0.1) is 5.92 Å². The van der Waals surface area contributed by atoms with Gasteiger partial charge in [0.25, 0.3) is 0 Å². The van der Waals surface area contributed by atoms with Crippen LogP contribution in [0.25, 0.3) is 0 Å². The molecule has 0 aliphatic carbocycles. The first kappa shape index (κ1) is 19.1. The predicted octanol–water partition coefficient (Wildman–Crippen LogP) is 2.45. The van der Waals surface area contributed by atoms with Crippen LogP contribution in [-0.2, 0) is 11.2 Å². The largest absolute Gasteiger partial charge is 0.573 e. The Balaban J connectivity index is 1.54. The molecule has 27 heavy (non-hydrogen) atoms. The number of alkyl halides is 3. The van der Waals surface area contributed by atoms with E-state index in [0.717, 1.165) is 5.56 Å². The fraction of sp³-hybridized carbons (Fsp3) is 0.333. The maximum absolute atomic E-state index is 12.3. The van der Waals surface area contributed by atoms with Crippen LogP contribution in [0.3, 0.4) is 0 Å². The number of hydrogen-bond donors (Lipinski definition) is 3. The number of aromatic nitrogens is 1. The summed E-state index contributed by atoms with van der Waals surface area (Å²) in [4.78, 5) is 16.3. The maximum Gasteiger partial charge on any atom is 0.573 e. The van der Waals surface area contributed by atoms with E-state index in [1.54, 1.807) is 12.4 Å². The first-order chi connectivity index (χ1) is 12.8. The molecule has 6 nitrogen and oxygen atoms in total. The number of nitrogens with one attached hydrogen (secondary N) is 3. The fourth-order valence-corrected chi connectivity index (χ4v) is 2.98. The molecule has 3 unspecified atom stereocenters. The zero-order chi connectivity index (χ0) is 19.4. The molecular weight excluding hydrogens is 361 g/mol. The summed E-state index contributed by atoms with van der Waals surface area (Å²) >= 11 is 0. The number of hydrazine groups is 1. The molecule has 0 bridgehead atoms. The van der Waals surface area contributed by atoms with Crippen molar-refractivity contribution in [3.63, 3.8) is 0 Å². The molecule has 1 saturated heterocycles. The molecule has 1 amide bonds. The molecule has 144 valence electrons.